The van der Waals surface area contributed by atoms with E-state index in [9.17, 15) is 14.7 Å². The number of nitrogens with two attached hydrogens (primary N) is 1. The number of amides is 1. The molecule has 0 rings (SSSR count). The summed E-state index contributed by atoms with van der Waals surface area (Å²) in [6.07, 6.45) is 39.5. The van der Waals surface area contributed by atoms with E-state index in [-0.39, 0.29) is 5.91 Å². The fourth-order valence-electron chi connectivity index (χ4n) is 5.79. The SMILES string of the molecule is CCCCCCCCCCCCCCCCCCCCCCCCCCCCCC(=O)N[C@@H](CCCCN)C(=O)O. The van der Waals surface area contributed by atoms with E-state index < -0.39 is 12.0 Å². The monoisotopic (exact) mass is 581 g/mol. The van der Waals surface area contributed by atoms with Crippen LogP contribution in [0.25, 0.3) is 0 Å². The lowest BCUT2D eigenvalue weighted by Crippen LogP contribution is -2.40. The first-order valence-corrected chi connectivity index (χ1v) is 18.3. The van der Waals surface area contributed by atoms with Crippen LogP contribution in [0.3, 0.4) is 0 Å². The second-order valence-corrected chi connectivity index (χ2v) is 12.7. The van der Waals surface area contributed by atoms with Gasteiger partial charge in [-0.05, 0) is 32.2 Å². The molecule has 0 fully saturated rings. The Bertz CT molecular complexity index is 555. The van der Waals surface area contributed by atoms with E-state index in [1.165, 1.54) is 161 Å². The number of aliphatic carboxylic acids is 1. The quantitative estimate of drug-likeness (QED) is 0.0660. The van der Waals surface area contributed by atoms with Crippen LogP contribution in [0, 0.1) is 0 Å². The highest BCUT2D eigenvalue weighted by molar-refractivity contribution is 5.83. The first-order chi connectivity index (χ1) is 20.1. The third-order valence-electron chi connectivity index (χ3n) is 8.59. The molecule has 244 valence electrons. The number of nitrogens with one attached hydrogen (secondary N) is 1. The molecule has 1 amide bonds. The lowest BCUT2D eigenvalue weighted by molar-refractivity contribution is -0.142. The predicted molar refractivity (Wildman–Crippen MR) is 177 cm³/mol. The molecule has 0 bridgehead atoms. The van der Waals surface area contributed by atoms with E-state index in [2.05, 4.69) is 12.2 Å². The van der Waals surface area contributed by atoms with Crippen molar-refractivity contribution in [3.05, 3.63) is 0 Å². The van der Waals surface area contributed by atoms with Crippen molar-refractivity contribution in [1.82, 2.24) is 5.32 Å². The van der Waals surface area contributed by atoms with Gasteiger partial charge in [0.1, 0.15) is 6.04 Å². The summed E-state index contributed by atoms with van der Waals surface area (Å²) >= 11 is 0. The van der Waals surface area contributed by atoms with Crippen molar-refractivity contribution < 1.29 is 14.7 Å². The molecule has 4 N–H and O–H groups in total. The molecule has 0 aliphatic rings. The molecule has 0 aromatic heterocycles. The van der Waals surface area contributed by atoms with Crippen molar-refractivity contribution in [3.8, 4) is 0 Å². The molecule has 1 atom stereocenters. The molecular weight excluding hydrogens is 508 g/mol. The molecule has 41 heavy (non-hydrogen) atoms. The number of carboxylic acids is 1. The summed E-state index contributed by atoms with van der Waals surface area (Å²) in [5.74, 6) is -1.08. The number of carbonyl (C=O) groups excluding carboxylic acids is 1. The number of rotatable bonds is 34. The molecule has 0 aliphatic heterocycles. The Morgan fingerprint density at radius 3 is 1.12 bits per heavy atom. The van der Waals surface area contributed by atoms with Crippen LogP contribution in [-0.4, -0.2) is 29.6 Å². The molecule has 0 heterocycles. The maximum absolute atomic E-state index is 12.0. The van der Waals surface area contributed by atoms with Gasteiger partial charge in [-0.15, -0.1) is 0 Å². The minimum Gasteiger partial charge on any atom is -0.480 e. The Balaban J connectivity index is 3.25. The zero-order chi connectivity index (χ0) is 30.1. The van der Waals surface area contributed by atoms with Gasteiger partial charge in [0.05, 0.1) is 0 Å². The van der Waals surface area contributed by atoms with Crippen LogP contribution in [0.5, 0.6) is 0 Å². The maximum atomic E-state index is 12.0. The Kier molecular flexibility index (Phi) is 32.5. The average molecular weight is 581 g/mol. The molecule has 0 spiro atoms. The van der Waals surface area contributed by atoms with Gasteiger partial charge in [-0.1, -0.05) is 174 Å². The van der Waals surface area contributed by atoms with E-state index in [1.807, 2.05) is 0 Å². The predicted octanol–water partition coefficient (Wildman–Crippen LogP) is 10.6. The van der Waals surface area contributed by atoms with E-state index in [4.69, 9.17) is 5.73 Å². The highest BCUT2D eigenvalue weighted by Gasteiger charge is 2.18. The van der Waals surface area contributed by atoms with Gasteiger partial charge in [-0.25, -0.2) is 4.79 Å². The van der Waals surface area contributed by atoms with Gasteiger partial charge in [-0.3, -0.25) is 4.79 Å². The molecule has 0 saturated carbocycles. The summed E-state index contributed by atoms with van der Waals surface area (Å²) in [5, 5.41) is 11.9. The molecule has 0 aliphatic carbocycles. The van der Waals surface area contributed by atoms with Crippen molar-refractivity contribution >= 4 is 11.9 Å². The number of hydrogen-bond donors (Lipinski definition) is 3. The zero-order valence-electron chi connectivity index (χ0n) is 27.5. The van der Waals surface area contributed by atoms with E-state index in [1.54, 1.807) is 0 Å². The summed E-state index contributed by atoms with van der Waals surface area (Å²) < 4.78 is 0. The third kappa shape index (κ3) is 31.7. The Labute approximate surface area is 256 Å². The summed E-state index contributed by atoms with van der Waals surface area (Å²) in [5.41, 5.74) is 5.46. The van der Waals surface area contributed by atoms with Gasteiger partial charge in [0.15, 0.2) is 0 Å². The largest absolute Gasteiger partial charge is 0.480 e. The van der Waals surface area contributed by atoms with Crippen molar-refractivity contribution in [2.75, 3.05) is 6.54 Å². The second kappa shape index (κ2) is 33.4. The second-order valence-electron chi connectivity index (χ2n) is 12.7. The van der Waals surface area contributed by atoms with Crippen LogP contribution < -0.4 is 11.1 Å². The van der Waals surface area contributed by atoms with Crippen LogP contribution in [0.1, 0.15) is 206 Å². The Morgan fingerprint density at radius 2 is 0.829 bits per heavy atom. The smallest absolute Gasteiger partial charge is 0.326 e. The van der Waals surface area contributed by atoms with Crippen molar-refractivity contribution in [3.63, 3.8) is 0 Å². The van der Waals surface area contributed by atoms with E-state index in [0.29, 0.717) is 19.4 Å². The minimum absolute atomic E-state index is 0.135. The third-order valence-corrected chi connectivity index (χ3v) is 8.59. The first kappa shape index (κ1) is 39.9. The fraction of sp³-hybridized carbons (Fsp3) is 0.944. The van der Waals surface area contributed by atoms with Gasteiger partial charge >= 0.3 is 5.97 Å². The lowest BCUT2D eigenvalue weighted by atomic mass is 10.0. The Hall–Kier alpha value is -1.10. The van der Waals surface area contributed by atoms with Gasteiger partial charge in [0.2, 0.25) is 5.91 Å². The van der Waals surface area contributed by atoms with Gasteiger partial charge in [0, 0.05) is 6.42 Å². The summed E-state index contributed by atoms with van der Waals surface area (Å²) in [7, 11) is 0. The number of carbonyl (C=O) groups is 2. The van der Waals surface area contributed by atoms with Crippen molar-refractivity contribution in [2.24, 2.45) is 5.73 Å². The van der Waals surface area contributed by atoms with Crippen molar-refractivity contribution in [2.45, 2.75) is 212 Å². The van der Waals surface area contributed by atoms with Crippen molar-refractivity contribution in [1.29, 1.82) is 0 Å². The number of unbranched alkanes of at least 4 members (excludes halogenated alkanes) is 27. The maximum Gasteiger partial charge on any atom is 0.326 e. The van der Waals surface area contributed by atoms with E-state index >= 15 is 0 Å². The molecule has 5 heteroatoms. The summed E-state index contributed by atoms with van der Waals surface area (Å²) in [4.78, 5) is 23.3. The fourth-order valence-corrected chi connectivity index (χ4v) is 5.79. The standard InChI is InChI=1S/C36H72N2O3/c1-2-3-4-5-6-7-8-9-10-11-12-13-14-15-16-17-18-19-20-21-22-23-24-25-26-27-28-32-35(39)38-34(36(40)41)31-29-30-33-37/h34H,2-33,37H2,1H3,(H,38,39)(H,40,41)/t34-/m0/s1. The molecular formula is C36H72N2O3. The van der Waals surface area contributed by atoms with Gasteiger partial charge in [-0.2, -0.15) is 0 Å². The Morgan fingerprint density at radius 1 is 0.512 bits per heavy atom. The van der Waals surface area contributed by atoms with Crippen LogP contribution in [0.4, 0.5) is 0 Å². The van der Waals surface area contributed by atoms with Gasteiger partial charge < -0.3 is 16.2 Å². The summed E-state index contributed by atoms with van der Waals surface area (Å²) in [6, 6.07) is -0.775. The molecule has 0 radical (unpaired) electrons. The van der Waals surface area contributed by atoms with E-state index in [0.717, 1.165) is 25.7 Å². The van der Waals surface area contributed by atoms with Crippen LogP contribution in [0.2, 0.25) is 0 Å². The summed E-state index contributed by atoms with van der Waals surface area (Å²) in [6.45, 7) is 2.85. The number of carboxylic acid groups (broad SMARTS) is 1. The zero-order valence-corrected chi connectivity index (χ0v) is 27.5. The molecule has 0 unspecified atom stereocenters. The number of hydrogen-bond acceptors (Lipinski definition) is 3. The molecule has 5 nitrogen and oxygen atoms in total. The van der Waals surface area contributed by atoms with Crippen LogP contribution >= 0.6 is 0 Å². The normalized spacial score (nSPS) is 12.0. The highest BCUT2D eigenvalue weighted by atomic mass is 16.4. The molecule has 0 aromatic rings. The topological polar surface area (TPSA) is 92.4 Å². The average Bonchev–Trinajstić information content (AvgIpc) is 2.96. The first-order valence-electron chi connectivity index (χ1n) is 18.3. The molecule has 0 saturated heterocycles. The highest BCUT2D eigenvalue weighted by Crippen LogP contribution is 2.16. The van der Waals surface area contributed by atoms with Crippen LogP contribution in [-0.2, 0) is 9.59 Å². The minimum atomic E-state index is -0.949. The lowest BCUT2D eigenvalue weighted by Gasteiger charge is -2.14. The van der Waals surface area contributed by atoms with Crippen LogP contribution in [0.15, 0.2) is 0 Å². The molecule has 0 aromatic carbocycles. The van der Waals surface area contributed by atoms with Gasteiger partial charge in [0.25, 0.3) is 0 Å².